The zero-order chi connectivity index (χ0) is 12.4. The molecule has 1 aromatic carbocycles. The van der Waals surface area contributed by atoms with E-state index in [4.69, 9.17) is 0 Å². The fourth-order valence-electron chi connectivity index (χ4n) is 1.07. The first kappa shape index (κ1) is 13.5. The zero-order valence-electron chi connectivity index (χ0n) is 8.34. The molecule has 1 aromatic rings. The first-order valence-corrected chi connectivity index (χ1v) is 8.78. The van der Waals surface area contributed by atoms with Gasteiger partial charge in [-0.15, -0.1) is 0 Å². The van der Waals surface area contributed by atoms with Crippen molar-refractivity contribution in [2.45, 2.75) is 4.90 Å². The Bertz CT molecular complexity index is 580. The molecule has 0 spiro atoms. The molecule has 90 valence electrons. The van der Waals surface area contributed by atoms with E-state index in [1.807, 2.05) is 0 Å². The summed E-state index contributed by atoms with van der Waals surface area (Å²) in [5, 5.41) is 0. The third kappa shape index (κ3) is 3.46. The van der Waals surface area contributed by atoms with Gasteiger partial charge in [0.25, 0.3) is 0 Å². The van der Waals surface area contributed by atoms with Crippen molar-refractivity contribution in [3.63, 3.8) is 0 Å². The number of sulfone groups is 1. The van der Waals surface area contributed by atoms with Gasteiger partial charge in [-0.05, 0) is 12.1 Å². The van der Waals surface area contributed by atoms with Crippen LogP contribution in [0, 0.1) is 0 Å². The second-order valence-electron chi connectivity index (χ2n) is 3.09. The molecule has 0 saturated heterocycles. The highest BCUT2D eigenvalue weighted by Crippen LogP contribution is 2.21. The van der Waals surface area contributed by atoms with E-state index in [1.165, 1.54) is 18.2 Å². The van der Waals surface area contributed by atoms with Crippen LogP contribution in [0.4, 0.5) is 5.69 Å². The Hall–Kier alpha value is -0.600. The van der Waals surface area contributed by atoms with Gasteiger partial charge in [0.1, 0.15) is 4.66 Å². The Kier molecular flexibility index (Phi) is 3.97. The van der Waals surface area contributed by atoms with Gasteiger partial charge in [-0.3, -0.25) is 4.72 Å². The zero-order valence-corrected chi connectivity index (χ0v) is 11.6. The summed E-state index contributed by atoms with van der Waals surface area (Å²) in [5.74, 6) is 0. The first-order chi connectivity index (χ1) is 7.26. The molecule has 1 rings (SSSR count). The molecular formula is C8H10BrNO4S2. The van der Waals surface area contributed by atoms with Crippen LogP contribution in [-0.2, 0) is 19.9 Å². The molecule has 0 aromatic heterocycles. The molecule has 0 aliphatic rings. The summed E-state index contributed by atoms with van der Waals surface area (Å²) in [4.78, 5) is -0.0421. The third-order valence-corrected chi connectivity index (χ3v) is 5.48. The number of alkyl halides is 1. The second-order valence-corrected chi connectivity index (χ2v) is 8.10. The van der Waals surface area contributed by atoms with Gasteiger partial charge in [0.15, 0.2) is 9.84 Å². The quantitative estimate of drug-likeness (QED) is 0.842. The maximum Gasteiger partial charge on any atom is 0.242 e. The van der Waals surface area contributed by atoms with Crippen LogP contribution in [0.5, 0.6) is 0 Å². The fourth-order valence-corrected chi connectivity index (χ4v) is 2.89. The number of anilines is 1. The molecule has 0 heterocycles. The highest BCUT2D eigenvalue weighted by atomic mass is 79.9. The van der Waals surface area contributed by atoms with E-state index in [1.54, 1.807) is 6.07 Å². The second kappa shape index (κ2) is 4.72. The molecule has 0 saturated carbocycles. The van der Waals surface area contributed by atoms with E-state index >= 15 is 0 Å². The molecule has 0 radical (unpaired) electrons. The van der Waals surface area contributed by atoms with Crippen molar-refractivity contribution in [2.75, 3.05) is 15.6 Å². The predicted molar refractivity (Wildman–Crippen MR) is 65.9 cm³/mol. The summed E-state index contributed by atoms with van der Waals surface area (Å²) in [6.45, 7) is 0. The lowest BCUT2D eigenvalue weighted by molar-refractivity contribution is 0.602. The molecular weight excluding hydrogens is 318 g/mol. The maximum absolute atomic E-state index is 11.4. The summed E-state index contributed by atoms with van der Waals surface area (Å²) in [5.41, 5.74) is 0.0597. The number of hydrogen-bond acceptors (Lipinski definition) is 4. The Morgan fingerprint density at radius 2 is 1.75 bits per heavy atom. The van der Waals surface area contributed by atoms with Crippen LogP contribution in [0.15, 0.2) is 29.2 Å². The van der Waals surface area contributed by atoms with E-state index in [-0.39, 0.29) is 15.2 Å². The summed E-state index contributed by atoms with van der Waals surface area (Å²) in [6.07, 6.45) is 1.02. The third-order valence-electron chi connectivity index (χ3n) is 1.70. The van der Waals surface area contributed by atoms with Gasteiger partial charge in [-0.1, -0.05) is 28.1 Å². The minimum absolute atomic E-state index is 0.0421. The van der Waals surface area contributed by atoms with Crippen molar-refractivity contribution in [1.29, 1.82) is 0 Å². The van der Waals surface area contributed by atoms with Crippen molar-refractivity contribution in [3.8, 4) is 0 Å². The van der Waals surface area contributed by atoms with Crippen LogP contribution in [-0.4, -0.2) is 27.8 Å². The monoisotopic (exact) mass is 327 g/mol. The van der Waals surface area contributed by atoms with E-state index in [0.717, 1.165) is 6.26 Å². The highest BCUT2D eigenvalue weighted by Gasteiger charge is 2.16. The van der Waals surface area contributed by atoms with E-state index < -0.39 is 19.9 Å². The van der Waals surface area contributed by atoms with Crippen molar-refractivity contribution in [1.82, 2.24) is 0 Å². The molecule has 8 heteroatoms. The lowest BCUT2D eigenvalue weighted by Crippen LogP contribution is -2.15. The predicted octanol–water partition coefficient (Wildman–Crippen LogP) is 1.18. The maximum atomic E-state index is 11.4. The van der Waals surface area contributed by atoms with Gasteiger partial charge in [0.05, 0.1) is 10.6 Å². The van der Waals surface area contributed by atoms with Crippen LogP contribution >= 0.6 is 15.9 Å². The number of hydrogen-bond donors (Lipinski definition) is 1. The Morgan fingerprint density at radius 3 is 2.25 bits per heavy atom. The lowest BCUT2D eigenvalue weighted by Gasteiger charge is -2.09. The van der Waals surface area contributed by atoms with Crippen molar-refractivity contribution in [3.05, 3.63) is 24.3 Å². The average Bonchev–Trinajstić information content (AvgIpc) is 2.16. The minimum Gasteiger partial charge on any atom is -0.282 e. The Balaban J connectivity index is 3.26. The Labute approximate surface area is 103 Å². The van der Waals surface area contributed by atoms with Gasteiger partial charge in [0.2, 0.25) is 10.0 Å². The smallest absolute Gasteiger partial charge is 0.242 e. The number of benzene rings is 1. The van der Waals surface area contributed by atoms with Crippen molar-refractivity contribution < 1.29 is 16.8 Å². The Morgan fingerprint density at radius 1 is 1.19 bits per heavy atom. The molecule has 1 N–H and O–H groups in total. The van der Waals surface area contributed by atoms with Crippen LogP contribution in [0.25, 0.3) is 0 Å². The van der Waals surface area contributed by atoms with Crippen LogP contribution in [0.2, 0.25) is 0 Å². The SMILES string of the molecule is CS(=O)(=O)c1ccccc1NS(=O)(=O)CBr. The molecule has 0 bridgehead atoms. The van der Waals surface area contributed by atoms with Crippen LogP contribution in [0.1, 0.15) is 0 Å². The van der Waals surface area contributed by atoms with Gasteiger partial charge < -0.3 is 0 Å². The first-order valence-electron chi connectivity index (χ1n) is 4.12. The summed E-state index contributed by atoms with van der Waals surface area (Å²) < 4.78 is 47.2. The topological polar surface area (TPSA) is 80.3 Å². The molecule has 5 nitrogen and oxygen atoms in total. The number of halogens is 1. The lowest BCUT2D eigenvalue weighted by atomic mass is 10.3. The van der Waals surface area contributed by atoms with Gasteiger partial charge in [0, 0.05) is 6.26 Å². The van der Waals surface area contributed by atoms with Crippen LogP contribution in [0.3, 0.4) is 0 Å². The van der Waals surface area contributed by atoms with Crippen molar-refractivity contribution in [2.24, 2.45) is 0 Å². The molecule has 0 fully saturated rings. The largest absolute Gasteiger partial charge is 0.282 e. The fraction of sp³-hybridized carbons (Fsp3) is 0.250. The number of sulfonamides is 1. The molecule has 0 aliphatic heterocycles. The molecule has 0 amide bonds. The van der Waals surface area contributed by atoms with Gasteiger partial charge in [-0.2, -0.15) is 0 Å². The highest BCUT2D eigenvalue weighted by molar-refractivity contribution is 9.10. The summed E-state index contributed by atoms with van der Waals surface area (Å²) in [7, 11) is -7.01. The summed E-state index contributed by atoms with van der Waals surface area (Å²) >= 11 is 2.80. The molecule has 0 unspecified atom stereocenters. The minimum atomic E-state index is -3.55. The molecule has 0 atom stereocenters. The number of rotatable bonds is 4. The normalized spacial score (nSPS) is 12.4. The standard InChI is InChI=1S/C8H10BrNO4S2/c1-15(11,12)8-5-3-2-4-7(8)10-16(13,14)6-9/h2-5,10H,6H2,1H3. The van der Waals surface area contributed by atoms with Gasteiger partial charge >= 0.3 is 0 Å². The number of para-hydroxylation sites is 1. The van der Waals surface area contributed by atoms with Crippen LogP contribution < -0.4 is 4.72 Å². The van der Waals surface area contributed by atoms with Crippen molar-refractivity contribution >= 4 is 41.5 Å². The van der Waals surface area contributed by atoms with E-state index in [9.17, 15) is 16.8 Å². The molecule has 0 aliphatic carbocycles. The van der Waals surface area contributed by atoms with E-state index in [2.05, 4.69) is 20.7 Å². The number of nitrogens with one attached hydrogen (secondary N) is 1. The molecule has 16 heavy (non-hydrogen) atoms. The summed E-state index contributed by atoms with van der Waals surface area (Å²) in [6, 6.07) is 5.83. The van der Waals surface area contributed by atoms with E-state index in [0.29, 0.717) is 0 Å². The van der Waals surface area contributed by atoms with Gasteiger partial charge in [-0.25, -0.2) is 16.8 Å². The average molecular weight is 328 g/mol.